The molecule has 4 rings (SSSR count). The zero-order chi connectivity index (χ0) is 27.3. The summed E-state index contributed by atoms with van der Waals surface area (Å²) in [7, 11) is 0. The van der Waals surface area contributed by atoms with Crippen molar-refractivity contribution in [2.45, 2.75) is 50.4 Å². The number of halogens is 5. The van der Waals surface area contributed by atoms with Gasteiger partial charge < -0.3 is 15.4 Å². The lowest BCUT2D eigenvalue weighted by molar-refractivity contribution is -0.138. The summed E-state index contributed by atoms with van der Waals surface area (Å²) in [6.07, 6.45) is -2.03. The highest BCUT2D eigenvalue weighted by Gasteiger charge is 2.36. The summed E-state index contributed by atoms with van der Waals surface area (Å²) in [6.45, 7) is 3.16. The fourth-order valence-electron chi connectivity index (χ4n) is 4.59. The van der Waals surface area contributed by atoms with E-state index in [1.807, 2.05) is 6.92 Å². The number of aromatic nitrogens is 1. The highest BCUT2D eigenvalue weighted by atomic mass is 19.4. The van der Waals surface area contributed by atoms with Crippen LogP contribution >= 0.6 is 0 Å². The van der Waals surface area contributed by atoms with Crippen LogP contribution < -0.4 is 10.6 Å². The number of benzene rings is 2. The van der Waals surface area contributed by atoms with Crippen molar-refractivity contribution in [3.8, 4) is 0 Å². The Morgan fingerprint density at radius 1 is 1.13 bits per heavy atom. The second-order valence-electron chi connectivity index (χ2n) is 9.39. The van der Waals surface area contributed by atoms with Crippen molar-refractivity contribution < 1.29 is 31.5 Å². The molecule has 0 saturated carbocycles. The molecule has 1 aliphatic rings. The van der Waals surface area contributed by atoms with E-state index in [2.05, 4.69) is 15.6 Å². The zero-order valence-electron chi connectivity index (χ0n) is 20.7. The van der Waals surface area contributed by atoms with Crippen molar-refractivity contribution in [1.29, 1.82) is 0 Å². The quantitative estimate of drug-likeness (QED) is 0.357. The molecule has 3 aromatic rings. The smallest absolute Gasteiger partial charge is 0.375 e. The van der Waals surface area contributed by atoms with Crippen LogP contribution in [0.25, 0.3) is 0 Å². The van der Waals surface area contributed by atoms with E-state index in [1.54, 1.807) is 0 Å². The predicted octanol–water partition coefficient (Wildman–Crippen LogP) is 5.85. The van der Waals surface area contributed by atoms with E-state index >= 15 is 0 Å². The SMILES string of the molecule is C[C@H]1CO[C@H](CCc2c(F)cncc2NC(=O)C[C@@H](c2ccc(F)cc2)c2ccccc2C(F)(F)F)CN1. The highest BCUT2D eigenvalue weighted by molar-refractivity contribution is 5.92. The van der Waals surface area contributed by atoms with E-state index in [0.29, 0.717) is 25.1 Å². The van der Waals surface area contributed by atoms with Gasteiger partial charge in [-0.1, -0.05) is 30.3 Å². The minimum atomic E-state index is -4.65. The van der Waals surface area contributed by atoms with Crippen LogP contribution in [0, 0.1) is 11.6 Å². The number of carbonyl (C=O) groups is 1. The molecule has 5 nitrogen and oxygen atoms in total. The Morgan fingerprint density at radius 2 is 1.87 bits per heavy atom. The standard InChI is InChI=1S/C28H28F5N3O2/c1-17-16-38-20(13-35-17)10-11-22-25(30)14-34-15-26(22)36-27(37)12-23(18-6-8-19(29)9-7-18)21-4-2-3-5-24(21)28(31,32)33/h2-9,14-15,17,20,23,35H,10-13,16H2,1H3,(H,36,37)/t17-,20+,23-/m0/s1. The lowest BCUT2D eigenvalue weighted by atomic mass is 9.85. The van der Waals surface area contributed by atoms with Crippen molar-refractivity contribution in [3.05, 3.63) is 94.8 Å². The van der Waals surface area contributed by atoms with Gasteiger partial charge in [0.15, 0.2) is 0 Å². The highest BCUT2D eigenvalue weighted by Crippen LogP contribution is 2.39. The molecule has 0 bridgehead atoms. The van der Waals surface area contributed by atoms with E-state index < -0.39 is 35.2 Å². The number of nitrogens with zero attached hydrogens (tertiary/aromatic N) is 1. The third kappa shape index (κ3) is 6.93. The number of morpholine rings is 1. The molecule has 2 N–H and O–H groups in total. The van der Waals surface area contributed by atoms with Gasteiger partial charge in [-0.3, -0.25) is 9.78 Å². The van der Waals surface area contributed by atoms with Crippen molar-refractivity contribution >= 4 is 11.6 Å². The zero-order valence-corrected chi connectivity index (χ0v) is 20.7. The second kappa shape index (κ2) is 12.0. The first-order valence-corrected chi connectivity index (χ1v) is 12.3. The lowest BCUT2D eigenvalue weighted by Crippen LogP contribution is -2.44. The minimum Gasteiger partial charge on any atom is -0.375 e. The summed E-state index contributed by atoms with van der Waals surface area (Å²) >= 11 is 0. The van der Waals surface area contributed by atoms with Gasteiger partial charge in [-0.15, -0.1) is 0 Å². The second-order valence-corrected chi connectivity index (χ2v) is 9.39. The third-order valence-corrected chi connectivity index (χ3v) is 6.57. The summed E-state index contributed by atoms with van der Waals surface area (Å²) in [5, 5.41) is 5.93. The normalized spacial score (nSPS) is 18.7. The first-order chi connectivity index (χ1) is 18.1. The molecule has 1 aliphatic heterocycles. The van der Waals surface area contributed by atoms with Crippen LogP contribution in [-0.2, 0) is 22.1 Å². The predicted molar refractivity (Wildman–Crippen MR) is 133 cm³/mol. The number of hydrogen-bond acceptors (Lipinski definition) is 4. The van der Waals surface area contributed by atoms with Crippen LogP contribution in [0.2, 0.25) is 0 Å². The van der Waals surface area contributed by atoms with Gasteiger partial charge in [0, 0.05) is 30.5 Å². The average Bonchev–Trinajstić information content (AvgIpc) is 2.88. The van der Waals surface area contributed by atoms with Gasteiger partial charge in [0.1, 0.15) is 11.6 Å². The molecule has 202 valence electrons. The Kier molecular flexibility index (Phi) is 8.73. The summed E-state index contributed by atoms with van der Waals surface area (Å²) < 4.78 is 75.4. The Labute approximate surface area is 217 Å². The van der Waals surface area contributed by atoms with E-state index in [0.717, 1.165) is 24.4 Å². The van der Waals surface area contributed by atoms with Crippen molar-refractivity contribution in [2.24, 2.45) is 0 Å². The number of nitrogens with one attached hydrogen (secondary N) is 2. The fourth-order valence-corrected chi connectivity index (χ4v) is 4.59. The van der Waals surface area contributed by atoms with Gasteiger partial charge in [-0.05, 0) is 49.1 Å². The van der Waals surface area contributed by atoms with E-state index in [4.69, 9.17) is 4.74 Å². The van der Waals surface area contributed by atoms with Crippen LogP contribution in [0.4, 0.5) is 27.6 Å². The lowest BCUT2D eigenvalue weighted by Gasteiger charge is -2.28. The van der Waals surface area contributed by atoms with Crippen LogP contribution in [0.3, 0.4) is 0 Å². The molecule has 1 aromatic heterocycles. The van der Waals surface area contributed by atoms with Gasteiger partial charge in [0.25, 0.3) is 0 Å². The van der Waals surface area contributed by atoms with E-state index in [9.17, 15) is 26.7 Å². The molecule has 0 aliphatic carbocycles. The third-order valence-electron chi connectivity index (χ3n) is 6.57. The molecular weight excluding hydrogens is 505 g/mol. The van der Waals surface area contributed by atoms with Gasteiger partial charge in [-0.25, -0.2) is 8.78 Å². The molecule has 10 heteroatoms. The summed E-state index contributed by atoms with van der Waals surface area (Å²) in [6, 6.07) is 10.2. The van der Waals surface area contributed by atoms with Crippen LogP contribution in [0.1, 0.15) is 47.9 Å². The number of ether oxygens (including phenoxy) is 1. The first-order valence-electron chi connectivity index (χ1n) is 12.3. The number of rotatable bonds is 8. The van der Waals surface area contributed by atoms with Gasteiger partial charge >= 0.3 is 6.18 Å². The maximum Gasteiger partial charge on any atom is 0.416 e. The molecule has 0 radical (unpaired) electrons. The molecule has 1 amide bonds. The monoisotopic (exact) mass is 533 g/mol. The fraction of sp³-hybridized carbons (Fsp3) is 0.357. The van der Waals surface area contributed by atoms with Gasteiger partial charge in [-0.2, -0.15) is 13.2 Å². The van der Waals surface area contributed by atoms with Crippen LogP contribution in [-0.4, -0.2) is 36.2 Å². The van der Waals surface area contributed by atoms with E-state index in [-0.39, 0.29) is 41.8 Å². The number of hydrogen-bond donors (Lipinski definition) is 2. The molecule has 0 spiro atoms. The number of carbonyl (C=O) groups excluding carboxylic acids is 1. The molecule has 1 saturated heterocycles. The van der Waals surface area contributed by atoms with Crippen molar-refractivity contribution in [1.82, 2.24) is 10.3 Å². The first kappa shape index (κ1) is 27.7. The van der Waals surface area contributed by atoms with Crippen molar-refractivity contribution in [3.63, 3.8) is 0 Å². The topological polar surface area (TPSA) is 63.2 Å². The summed E-state index contributed by atoms with van der Waals surface area (Å²) in [5.41, 5.74) is -0.271. The molecule has 1 fully saturated rings. The van der Waals surface area contributed by atoms with Gasteiger partial charge in [0.2, 0.25) is 5.91 Å². The van der Waals surface area contributed by atoms with Crippen LogP contribution in [0.15, 0.2) is 60.9 Å². The maximum atomic E-state index is 14.7. The Morgan fingerprint density at radius 3 is 2.55 bits per heavy atom. The average molecular weight is 534 g/mol. The van der Waals surface area contributed by atoms with Gasteiger partial charge in [0.05, 0.1) is 36.4 Å². The summed E-state index contributed by atoms with van der Waals surface area (Å²) in [4.78, 5) is 17.0. The molecule has 3 atom stereocenters. The molecule has 0 unspecified atom stereocenters. The Hall–Kier alpha value is -3.37. The largest absolute Gasteiger partial charge is 0.416 e. The number of alkyl halides is 3. The maximum absolute atomic E-state index is 14.7. The number of amides is 1. The van der Waals surface area contributed by atoms with Crippen LogP contribution in [0.5, 0.6) is 0 Å². The number of anilines is 1. The molecule has 2 aromatic carbocycles. The molecular formula is C28H28F5N3O2. The molecule has 38 heavy (non-hydrogen) atoms. The Balaban J connectivity index is 1.56. The Bertz CT molecular complexity index is 1240. The molecule has 2 heterocycles. The van der Waals surface area contributed by atoms with Crippen molar-refractivity contribution in [2.75, 3.05) is 18.5 Å². The minimum absolute atomic E-state index is 0.115. The number of pyridine rings is 1. The summed E-state index contributed by atoms with van der Waals surface area (Å²) in [5.74, 6) is -2.81. The van der Waals surface area contributed by atoms with E-state index in [1.165, 1.54) is 36.5 Å².